The molecule has 1 aromatic heterocycles. The smallest absolute Gasteiger partial charge is 0.311 e. The van der Waals surface area contributed by atoms with Crippen LogP contribution in [0.5, 0.6) is 0 Å². The van der Waals surface area contributed by atoms with Crippen molar-refractivity contribution in [1.29, 1.82) is 0 Å². The zero-order valence-corrected chi connectivity index (χ0v) is 14.8. The summed E-state index contributed by atoms with van der Waals surface area (Å²) < 4.78 is 5.37. The molecule has 7 heteroatoms. The first-order chi connectivity index (χ1) is 11.9. The van der Waals surface area contributed by atoms with E-state index in [1.165, 1.54) is 0 Å². The van der Waals surface area contributed by atoms with Crippen molar-refractivity contribution < 1.29 is 9.53 Å². The number of aromatic nitrogens is 2. The second kappa shape index (κ2) is 7.25. The van der Waals surface area contributed by atoms with Crippen LogP contribution < -0.4 is 5.56 Å². The number of ether oxygens (including phenoxy) is 1. The van der Waals surface area contributed by atoms with Crippen LogP contribution in [0.25, 0.3) is 10.9 Å². The van der Waals surface area contributed by atoms with Gasteiger partial charge in [0.2, 0.25) is 0 Å². The van der Waals surface area contributed by atoms with Gasteiger partial charge in [0.25, 0.3) is 5.56 Å². The van der Waals surface area contributed by atoms with Crippen LogP contribution >= 0.6 is 23.2 Å². The molecule has 0 aliphatic carbocycles. The number of fused-ring (bicyclic) bond motifs is 1. The van der Waals surface area contributed by atoms with E-state index in [0.717, 1.165) is 0 Å². The van der Waals surface area contributed by atoms with Crippen molar-refractivity contribution >= 4 is 40.1 Å². The van der Waals surface area contributed by atoms with Crippen molar-refractivity contribution in [3.63, 3.8) is 0 Å². The Bertz CT molecular complexity index is 1000. The van der Waals surface area contributed by atoms with E-state index in [4.69, 9.17) is 27.9 Å². The summed E-state index contributed by atoms with van der Waals surface area (Å²) in [4.78, 5) is 31.2. The fourth-order valence-electron chi connectivity index (χ4n) is 2.41. The molecule has 5 nitrogen and oxygen atoms in total. The Hall–Kier alpha value is -2.37. The Kier molecular flexibility index (Phi) is 5.06. The molecule has 1 N–H and O–H groups in total. The van der Waals surface area contributed by atoms with Crippen molar-refractivity contribution in [2.45, 2.75) is 19.4 Å². The molecule has 0 amide bonds. The second-order valence-electron chi connectivity index (χ2n) is 5.51. The number of esters is 1. The van der Waals surface area contributed by atoms with E-state index in [1.807, 2.05) is 0 Å². The number of rotatable bonds is 4. The highest BCUT2D eigenvalue weighted by Crippen LogP contribution is 2.22. The molecular weight excluding hydrogens is 363 g/mol. The first-order valence-corrected chi connectivity index (χ1v) is 8.32. The molecule has 0 radical (unpaired) electrons. The summed E-state index contributed by atoms with van der Waals surface area (Å²) in [6, 6.07) is 11.9. The van der Waals surface area contributed by atoms with Gasteiger partial charge in [-0.05, 0) is 36.8 Å². The molecular formula is C18H14Cl2N2O3. The number of benzene rings is 2. The summed E-state index contributed by atoms with van der Waals surface area (Å²) in [7, 11) is 0. The maximum atomic E-state index is 12.1. The first-order valence-electron chi connectivity index (χ1n) is 7.56. The molecule has 3 aromatic rings. The molecule has 0 bridgehead atoms. The van der Waals surface area contributed by atoms with Gasteiger partial charge in [-0.15, -0.1) is 0 Å². The minimum absolute atomic E-state index is 0.00183. The molecule has 0 aliphatic heterocycles. The van der Waals surface area contributed by atoms with Gasteiger partial charge in [-0.2, -0.15) is 0 Å². The summed E-state index contributed by atoms with van der Waals surface area (Å²) in [6.45, 7) is 1.65. The van der Waals surface area contributed by atoms with Crippen LogP contribution in [0.3, 0.4) is 0 Å². The molecule has 1 atom stereocenters. The van der Waals surface area contributed by atoms with E-state index in [2.05, 4.69) is 9.97 Å². The summed E-state index contributed by atoms with van der Waals surface area (Å²) in [5.41, 5.74) is 0.886. The van der Waals surface area contributed by atoms with Crippen LogP contribution in [-0.4, -0.2) is 15.9 Å². The van der Waals surface area contributed by atoms with Crippen LogP contribution in [-0.2, 0) is 16.0 Å². The minimum atomic E-state index is -0.698. The first kappa shape index (κ1) is 17.5. The molecule has 0 aliphatic rings. The highest BCUT2D eigenvalue weighted by atomic mass is 35.5. The third-order valence-electron chi connectivity index (χ3n) is 3.67. The van der Waals surface area contributed by atoms with Crippen molar-refractivity contribution in [1.82, 2.24) is 9.97 Å². The monoisotopic (exact) mass is 376 g/mol. The van der Waals surface area contributed by atoms with Gasteiger partial charge in [-0.3, -0.25) is 9.59 Å². The van der Waals surface area contributed by atoms with Crippen LogP contribution in [0.2, 0.25) is 10.0 Å². The Morgan fingerprint density at radius 3 is 2.76 bits per heavy atom. The molecule has 0 fully saturated rings. The van der Waals surface area contributed by atoms with Gasteiger partial charge in [0.1, 0.15) is 0 Å². The maximum absolute atomic E-state index is 12.1. The highest BCUT2D eigenvalue weighted by Gasteiger charge is 2.17. The van der Waals surface area contributed by atoms with E-state index in [1.54, 1.807) is 49.4 Å². The molecule has 25 heavy (non-hydrogen) atoms. The Morgan fingerprint density at radius 1 is 1.24 bits per heavy atom. The number of halogens is 2. The molecule has 3 rings (SSSR count). The normalized spacial score (nSPS) is 12.1. The zero-order chi connectivity index (χ0) is 18.0. The molecule has 0 saturated carbocycles. The van der Waals surface area contributed by atoms with Crippen molar-refractivity contribution in [3.05, 3.63) is 74.3 Å². The zero-order valence-electron chi connectivity index (χ0n) is 13.3. The predicted octanol–water partition coefficient (Wildman–Crippen LogP) is 4.08. The van der Waals surface area contributed by atoms with Crippen LogP contribution in [0, 0.1) is 0 Å². The van der Waals surface area contributed by atoms with Crippen molar-refractivity contribution in [2.24, 2.45) is 0 Å². The number of hydrogen-bond acceptors (Lipinski definition) is 4. The standard InChI is InChI=1S/C18H14Cl2N2O3/c1-10(17-21-15-5-3-2-4-13(15)18(24)22-17)25-16(23)8-11-6-7-12(19)9-14(11)20/h2-7,9-10H,8H2,1H3,(H,21,22,24)/t10-/m0/s1. The fourth-order valence-corrected chi connectivity index (χ4v) is 2.89. The topological polar surface area (TPSA) is 72.0 Å². The lowest BCUT2D eigenvalue weighted by molar-refractivity contribution is -0.148. The molecule has 128 valence electrons. The predicted molar refractivity (Wildman–Crippen MR) is 97.0 cm³/mol. The van der Waals surface area contributed by atoms with Gasteiger partial charge in [-0.1, -0.05) is 41.4 Å². The van der Waals surface area contributed by atoms with E-state index in [9.17, 15) is 9.59 Å². The molecule has 2 aromatic carbocycles. The van der Waals surface area contributed by atoms with Crippen molar-refractivity contribution in [3.8, 4) is 0 Å². The Labute approximate surface area is 153 Å². The van der Waals surface area contributed by atoms with Crippen LogP contribution in [0.1, 0.15) is 24.4 Å². The highest BCUT2D eigenvalue weighted by molar-refractivity contribution is 6.35. The number of nitrogens with one attached hydrogen (secondary N) is 1. The number of H-pyrrole nitrogens is 1. The number of carbonyl (C=O) groups excluding carboxylic acids is 1. The van der Waals surface area contributed by atoms with Crippen LogP contribution in [0.4, 0.5) is 0 Å². The Balaban J connectivity index is 1.76. The van der Waals surface area contributed by atoms with Gasteiger partial charge in [-0.25, -0.2) is 4.98 Å². The third-order valence-corrected chi connectivity index (χ3v) is 4.26. The largest absolute Gasteiger partial charge is 0.454 e. The number of para-hydroxylation sites is 1. The van der Waals surface area contributed by atoms with Gasteiger partial charge in [0.15, 0.2) is 11.9 Å². The Morgan fingerprint density at radius 2 is 2.00 bits per heavy atom. The average molecular weight is 377 g/mol. The van der Waals surface area contributed by atoms with E-state index >= 15 is 0 Å². The molecule has 1 heterocycles. The van der Waals surface area contributed by atoms with E-state index in [-0.39, 0.29) is 12.0 Å². The quantitative estimate of drug-likeness (QED) is 0.696. The van der Waals surface area contributed by atoms with E-state index in [0.29, 0.717) is 32.3 Å². The second-order valence-corrected chi connectivity index (χ2v) is 6.36. The maximum Gasteiger partial charge on any atom is 0.311 e. The molecule has 0 spiro atoms. The lowest BCUT2D eigenvalue weighted by atomic mass is 10.1. The lowest BCUT2D eigenvalue weighted by Gasteiger charge is -2.13. The summed E-state index contributed by atoms with van der Waals surface area (Å²) in [5.74, 6) is -0.188. The van der Waals surface area contributed by atoms with Gasteiger partial charge in [0, 0.05) is 10.0 Å². The minimum Gasteiger partial charge on any atom is -0.454 e. The van der Waals surface area contributed by atoms with Gasteiger partial charge < -0.3 is 9.72 Å². The number of carbonyl (C=O) groups is 1. The SMILES string of the molecule is C[C@H](OC(=O)Cc1ccc(Cl)cc1Cl)c1nc2ccccc2c(=O)[nH]1. The number of hydrogen-bond donors (Lipinski definition) is 1. The number of aromatic amines is 1. The summed E-state index contributed by atoms with van der Waals surface area (Å²) in [5, 5.41) is 1.38. The summed E-state index contributed by atoms with van der Waals surface area (Å²) in [6.07, 6.45) is -0.700. The third kappa shape index (κ3) is 4.00. The van der Waals surface area contributed by atoms with Gasteiger partial charge in [0.05, 0.1) is 17.3 Å². The van der Waals surface area contributed by atoms with Crippen LogP contribution in [0.15, 0.2) is 47.3 Å². The fraction of sp³-hybridized carbons (Fsp3) is 0.167. The van der Waals surface area contributed by atoms with Crippen molar-refractivity contribution in [2.75, 3.05) is 0 Å². The molecule has 0 unspecified atom stereocenters. The van der Waals surface area contributed by atoms with Gasteiger partial charge >= 0.3 is 5.97 Å². The average Bonchev–Trinajstić information content (AvgIpc) is 2.57. The molecule has 0 saturated heterocycles. The number of nitrogens with zero attached hydrogens (tertiary/aromatic N) is 1. The summed E-state index contributed by atoms with van der Waals surface area (Å²) >= 11 is 11.9. The van der Waals surface area contributed by atoms with E-state index < -0.39 is 12.1 Å². The lowest BCUT2D eigenvalue weighted by Crippen LogP contribution is -2.18.